The van der Waals surface area contributed by atoms with Crippen LogP contribution in [0.3, 0.4) is 0 Å². The van der Waals surface area contributed by atoms with Crippen LogP contribution in [0.15, 0.2) is 12.3 Å². The highest BCUT2D eigenvalue weighted by molar-refractivity contribution is 7.90. The summed E-state index contributed by atoms with van der Waals surface area (Å²) in [5, 5.41) is 8.35. The number of nitrogens with one attached hydrogen (secondary N) is 1. The van der Waals surface area contributed by atoms with Gasteiger partial charge in [0.1, 0.15) is 5.75 Å². The molecule has 9 heteroatoms. The maximum absolute atomic E-state index is 12.5. The molecule has 3 heterocycles. The van der Waals surface area contributed by atoms with Crippen molar-refractivity contribution in [2.24, 2.45) is 29.6 Å². The minimum atomic E-state index is -3.57. The zero-order valence-electron chi connectivity index (χ0n) is 18.3. The van der Waals surface area contributed by atoms with Crippen LogP contribution in [0.5, 0.6) is 5.75 Å². The fourth-order valence-corrected chi connectivity index (χ4v) is 8.25. The van der Waals surface area contributed by atoms with E-state index in [1.54, 1.807) is 4.40 Å². The smallest absolute Gasteiger partial charge is 0.303 e. The summed E-state index contributed by atoms with van der Waals surface area (Å²) < 4.78 is 37.3. The molecule has 8 nitrogen and oxygen atoms in total. The van der Waals surface area contributed by atoms with E-state index in [4.69, 9.17) is 4.74 Å². The number of rotatable bonds is 7. The average Bonchev–Trinajstić information content (AvgIpc) is 3.05. The monoisotopic (exact) mass is 457 g/mol. The van der Waals surface area contributed by atoms with Gasteiger partial charge in [0.15, 0.2) is 5.65 Å². The van der Waals surface area contributed by atoms with Crippen LogP contribution in [0.25, 0.3) is 5.65 Å². The molecule has 1 saturated heterocycles. The van der Waals surface area contributed by atoms with Crippen molar-refractivity contribution in [2.75, 3.05) is 24.4 Å². The van der Waals surface area contributed by atoms with Crippen molar-refractivity contribution >= 4 is 21.8 Å². The molecule has 2 aromatic heterocycles. The van der Waals surface area contributed by atoms with Crippen molar-refractivity contribution in [3.05, 3.63) is 17.8 Å². The number of ether oxygens (including phenoxy) is 1. The summed E-state index contributed by atoms with van der Waals surface area (Å²) in [5.74, 6) is 6.18. The number of aromatic nitrogens is 3. The van der Waals surface area contributed by atoms with Gasteiger partial charge in [-0.05, 0) is 86.9 Å². The Hall–Kier alpha value is -1.87. The highest BCUT2D eigenvalue weighted by atomic mass is 32.2. The fourth-order valence-electron chi connectivity index (χ4n) is 7.01. The van der Waals surface area contributed by atoms with E-state index in [9.17, 15) is 8.42 Å². The second-order valence-corrected chi connectivity index (χ2v) is 12.5. The van der Waals surface area contributed by atoms with Gasteiger partial charge in [0.25, 0.3) is 0 Å². The first-order chi connectivity index (χ1) is 15.5. The lowest BCUT2D eigenvalue weighted by Gasteiger charge is -2.29. The predicted molar refractivity (Wildman–Crippen MR) is 120 cm³/mol. The van der Waals surface area contributed by atoms with Crippen molar-refractivity contribution in [3.8, 4) is 5.75 Å². The van der Waals surface area contributed by atoms with Crippen LogP contribution in [0.4, 0.5) is 5.95 Å². The summed E-state index contributed by atoms with van der Waals surface area (Å²) in [6.07, 6.45) is 12.3. The fraction of sp³-hybridized carbons (Fsp3) is 0.739. The van der Waals surface area contributed by atoms with Crippen LogP contribution in [-0.2, 0) is 10.2 Å². The van der Waals surface area contributed by atoms with E-state index in [-0.39, 0.29) is 5.95 Å². The number of fused-ring (bicyclic) bond motifs is 6. The Morgan fingerprint density at radius 3 is 2.44 bits per heavy atom. The standard InChI is InChI=1S/C23H31N5O3S/c29-32(30,27-6-1-7-27)26-23-25-24-22-11-21(20(12-28(22)23)15-2-3-15)31-13-14-8-18-16-4-5-17(10-16)19(18)9-14/h11-12,14-19H,1-10,13H2,(H,25,26)/t14?,16-,17+,18+,19-. The molecule has 0 radical (unpaired) electrons. The molecule has 0 spiro atoms. The van der Waals surface area contributed by atoms with Crippen molar-refractivity contribution in [2.45, 2.75) is 57.3 Å². The molecule has 1 unspecified atom stereocenters. The number of pyridine rings is 1. The third kappa shape index (κ3) is 3.15. The van der Waals surface area contributed by atoms with Gasteiger partial charge in [-0.15, -0.1) is 10.2 Å². The van der Waals surface area contributed by atoms with E-state index in [1.165, 1.54) is 36.4 Å². The molecule has 1 aliphatic heterocycles. The number of hydrogen-bond acceptors (Lipinski definition) is 5. The van der Waals surface area contributed by atoms with E-state index in [0.717, 1.165) is 60.9 Å². The molecule has 5 atom stereocenters. The lowest BCUT2D eigenvalue weighted by Crippen LogP contribution is -2.45. The van der Waals surface area contributed by atoms with Crippen LogP contribution >= 0.6 is 0 Å². The maximum Gasteiger partial charge on any atom is 0.303 e. The van der Waals surface area contributed by atoms with Gasteiger partial charge in [-0.25, -0.2) is 4.72 Å². The summed E-state index contributed by atoms with van der Waals surface area (Å²) in [7, 11) is -3.57. The molecule has 0 aromatic carbocycles. The topological polar surface area (TPSA) is 88.8 Å². The Morgan fingerprint density at radius 1 is 1.03 bits per heavy atom. The first kappa shape index (κ1) is 19.6. The second kappa shape index (κ2) is 7.06. The van der Waals surface area contributed by atoms with Gasteiger partial charge in [-0.2, -0.15) is 12.7 Å². The van der Waals surface area contributed by atoms with E-state index < -0.39 is 10.2 Å². The highest BCUT2D eigenvalue weighted by Crippen LogP contribution is 2.60. The van der Waals surface area contributed by atoms with E-state index in [2.05, 4.69) is 14.9 Å². The van der Waals surface area contributed by atoms with Crippen molar-refractivity contribution in [1.29, 1.82) is 0 Å². The summed E-state index contributed by atoms with van der Waals surface area (Å²) in [6, 6.07) is 1.95. The van der Waals surface area contributed by atoms with Crippen molar-refractivity contribution in [1.82, 2.24) is 18.9 Å². The highest BCUT2D eigenvalue weighted by Gasteiger charge is 2.51. The predicted octanol–water partition coefficient (Wildman–Crippen LogP) is 3.42. The van der Waals surface area contributed by atoms with Crippen molar-refractivity contribution in [3.63, 3.8) is 0 Å². The first-order valence-corrected chi connectivity index (χ1v) is 13.8. The summed E-state index contributed by atoms with van der Waals surface area (Å²) >= 11 is 0. The number of hydrogen-bond donors (Lipinski definition) is 1. The molecule has 4 aliphatic carbocycles. The van der Waals surface area contributed by atoms with Crippen LogP contribution in [0, 0.1) is 29.6 Å². The van der Waals surface area contributed by atoms with Gasteiger partial charge in [0, 0.05) is 30.9 Å². The third-order valence-electron chi connectivity index (χ3n) is 8.89. The number of nitrogens with zero attached hydrogens (tertiary/aromatic N) is 4. The lowest BCUT2D eigenvalue weighted by molar-refractivity contribution is 0.237. The molecule has 172 valence electrons. The molecule has 32 heavy (non-hydrogen) atoms. The van der Waals surface area contributed by atoms with Crippen molar-refractivity contribution < 1.29 is 13.2 Å². The molecular weight excluding hydrogens is 426 g/mol. The summed E-state index contributed by atoms with van der Waals surface area (Å²) in [6.45, 7) is 1.90. The Balaban J connectivity index is 1.11. The Labute approximate surface area is 188 Å². The second-order valence-electron chi connectivity index (χ2n) is 10.8. The van der Waals surface area contributed by atoms with Crippen LogP contribution < -0.4 is 9.46 Å². The van der Waals surface area contributed by atoms with E-state index in [1.807, 2.05) is 12.3 Å². The van der Waals surface area contributed by atoms with Gasteiger partial charge in [0.05, 0.1) is 6.61 Å². The van der Waals surface area contributed by atoms with Gasteiger partial charge in [0.2, 0.25) is 5.95 Å². The molecule has 1 N–H and O–H groups in total. The zero-order valence-corrected chi connectivity index (χ0v) is 19.1. The molecule has 0 amide bonds. The molecule has 5 fully saturated rings. The van der Waals surface area contributed by atoms with Gasteiger partial charge in [-0.3, -0.25) is 4.40 Å². The Bertz CT molecular complexity index is 1140. The quantitative estimate of drug-likeness (QED) is 0.688. The van der Waals surface area contributed by atoms with Crippen LogP contribution in [0.2, 0.25) is 0 Å². The molecular formula is C23H31N5O3S. The normalized spacial score (nSPS) is 34.1. The molecule has 4 saturated carbocycles. The first-order valence-electron chi connectivity index (χ1n) is 12.3. The van der Waals surface area contributed by atoms with E-state index in [0.29, 0.717) is 30.6 Å². The largest absolute Gasteiger partial charge is 0.493 e. The zero-order chi connectivity index (χ0) is 21.4. The third-order valence-corrected chi connectivity index (χ3v) is 10.4. The van der Waals surface area contributed by atoms with E-state index >= 15 is 0 Å². The van der Waals surface area contributed by atoms with Gasteiger partial charge >= 0.3 is 10.2 Å². The average molecular weight is 458 g/mol. The Morgan fingerprint density at radius 2 is 1.78 bits per heavy atom. The van der Waals surface area contributed by atoms with Crippen LogP contribution in [-0.4, -0.2) is 47.0 Å². The SMILES string of the molecule is O=S(=O)(Nc1nnc2cc(OCC3C[C@@H]4[C@H]5CC[C@H](C5)[C@@H]4C3)c(C3CC3)cn12)N1CCC1. The van der Waals surface area contributed by atoms with Gasteiger partial charge < -0.3 is 4.74 Å². The minimum Gasteiger partial charge on any atom is -0.493 e. The van der Waals surface area contributed by atoms with Crippen LogP contribution in [0.1, 0.15) is 62.8 Å². The minimum absolute atomic E-state index is 0.249. The molecule has 5 aliphatic rings. The summed E-state index contributed by atoms with van der Waals surface area (Å²) in [5.41, 5.74) is 1.77. The summed E-state index contributed by atoms with van der Waals surface area (Å²) in [4.78, 5) is 0. The van der Waals surface area contributed by atoms with Gasteiger partial charge in [-0.1, -0.05) is 0 Å². The maximum atomic E-state index is 12.5. The Kier molecular flexibility index (Phi) is 4.32. The lowest BCUT2D eigenvalue weighted by atomic mass is 9.82. The molecule has 7 rings (SSSR count). The molecule has 2 bridgehead atoms. The number of anilines is 1. The molecule has 2 aromatic rings.